The van der Waals surface area contributed by atoms with Crippen LogP contribution >= 0.6 is 0 Å². The monoisotopic (exact) mass is 238 g/mol. The topological polar surface area (TPSA) is 32.3 Å². The van der Waals surface area contributed by atoms with Crippen LogP contribution in [0.4, 0.5) is 0 Å². The Balaban J connectivity index is 1.93. The first-order valence-electron chi connectivity index (χ1n) is 7.25. The molecule has 1 N–H and O–H groups in total. The molecule has 3 atom stereocenters. The third-order valence-corrected chi connectivity index (χ3v) is 4.40. The Hall–Kier alpha value is -0.570. The smallest absolute Gasteiger partial charge is 0.226 e. The highest BCUT2D eigenvalue weighted by atomic mass is 16.2. The zero-order valence-corrected chi connectivity index (χ0v) is 11.2. The first-order valence-corrected chi connectivity index (χ1v) is 7.25. The van der Waals surface area contributed by atoms with E-state index in [9.17, 15) is 4.79 Å². The van der Waals surface area contributed by atoms with Crippen LogP contribution in [-0.4, -0.2) is 36.5 Å². The lowest BCUT2D eigenvalue weighted by Crippen LogP contribution is -2.49. The summed E-state index contributed by atoms with van der Waals surface area (Å²) in [5, 5.41) is 3.28. The van der Waals surface area contributed by atoms with E-state index in [1.165, 1.54) is 32.1 Å². The summed E-state index contributed by atoms with van der Waals surface area (Å²) in [5.74, 6) is 1.32. The average molecular weight is 238 g/mol. The van der Waals surface area contributed by atoms with Crippen molar-refractivity contribution >= 4 is 5.91 Å². The van der Waals surface area contributed by atoms with Crippen LogP contribution < -0.4 is 5.32 Å². The molecular weight excluding hydrogens is 212 g/mol. The fourth-order valence-electron chi connectivity index (χ4n) is 3.46. The van der Waals surface area contributed by atoms with Crippen molar-refractivity contribution in [3.63, 3.8) is 0 Å². The van der Waals surface area contributed by atoms with Crippen molar-refractivity contribution in [1.29, 1.82) is 0 Å². The van der Waals surface area contributed by atoms with E-state index in [0.717, 1.165) is 25.6 Å². The normalized spacial score (nSPS) is 30.1. The van der Waals surface area contributed by atoms with Crippen molar-refractivity contribution in [2.75, 3.05) is 19.6 Å². The van der Waals surface area contributed by atoms with Crippen LogP contribution in [0.1, 0.15) is 46.0 Å². The Bertz CT molecular complexity index is 267. The van der Waals surface area contributed by atoms with Crippen molar-refractivity contribution < 1.29 is 4.79 Å². The number of rotatable bonds is 4. The van der Waals surface area contributed by atoms with E-state index in [-0.39, 0.29) is 5.92 Å². The minimum atomic E-state index is 0.134. The van der Waals surface area contributed by atoms with E-state index in [1.54, 1.807) is 0 Å². The molecular formula is C14H26N2O. The number of hydrogen-bond acceptors (Lipinski definition) is 2. The Kier molecular flexibility index (Phi) is 4.43. The van der Waals surface area contributed by atoms with E-state index in [2.05, 4.69) is 24.1 Å². The van der Waals surface area contributed by atoms with Gasteiger partial charge < -0.3 is 10.2 Å². The van der Waals surface area contributed by atoms with Gasteiger partial charge in [0.05, 0.1) is 0 Å². The van der Waals surface area contributed by atoms with E-state index in [4.69, 9.17) is 0 Å². The molecule has 1 heterocycles. The summed E-state index contributed by atoms with van der Waals surface area (Å²) in [5.41, 5.74) is 0. The number of nitrogens with zero attached hydrogens (tertiary/aromatic N) is 1. The second-order valence-corrected chi connectivity index (χ2v) is 5.64. The quantitative estimate of drug-likeness (QED) is 0.812. The molecule has 98 valence electrons. The fourth-order valence-corrected chi connectivity index (χ4v) is 3.46. The number of carbonyl (C=O) groups excluding carboxylic acids is 1. The molecule has 2 aliphatic rings. The molecule has 0 aromatic heterocycles. The largest absolute Gasteiger partial charge is 0.339 e. The summed E-state index contributed by atoms with van der Waals surface area (Å²) >= 11 is 0. The van der Waals surface area contributed by atoms with Gasteiger partial charge in [0.2, 0.25) is 5.91 Å². The molecule has 1 aliphatic heterocycles. The van der Waals surface area contributed by atoms with Gasteiger partial charge in [0.25, 0.3) is 0 Å². The van der Waals surface area contributed by atoms with Crippen molar-refractivity contribution in [3.05, 3.63) is 0 Å². The Labute approximate surface area is 105 Å². The van der Waals surface area contributed by atoms with Crippen molar-refractivity contribution in [3.8, 4) is 0 Å². The van der Waals surface area contributed by atoms with Gasteiger partial charge in [0.15, 0.2) is 0 Å². The summed E-state index contributed by atoms with van der Waals surface area (Å²) in [6.45, 7) is 6.91. The Morgan fingerprint density at radius 3 is 2.88 bits per heavy atom. The lowest BCUT2D eigenvalue weighted by atomic mass is 9.91. The highest BCUT2D eigenvalue weighted by Crippen LogP contribution is 2.37. The maximum atomic E-state index is 12.4. The highest BCUT2D eigenvalue weighted by Gasteiger charge is 2.38. The van der Waals surface area contributed by atoms with Gasteiger partial charge in [-0.3, -0.25) is 4.79 Å². The molecule has 1 amide bonds. The molecule has 0 aromatic rings. The lowest BCUT2D eigenvalue weighted by Gasteiger charge is -2.39. The van der Waals surface area contributed by atoms with Crippen LogP contribution in [-0.2, 0) is 4.79 Å². The molecule has 1 aliphatic carbocycles. The van der Waals surface area contributed by atoms with Crippen LogP contribution in [0.25, 0.3) is 0 Å². The number of hydrogen-bond donors (Lipinski definition) is 1. The third kappa shape index (κ3) is 2.82. The van der Waals surface area contributed by atoms with E-state index in [0.29, 0.717) is 11.9 Å². The predicted molar refractivity (Wildman–Crippen MR) is 69.8 cm³/mol. The van der Waals surface area contributed by atoms with Crippen LogP contribution in [0.2, 0.25) is 0 Å². The standard InChI is InChI=1S/C14H26N2O/c1-3-15-10-11(2)14(17)16-9-5-7-12-6-4-8-13(12)16/h11-13,15H,3-10H2,1-2H3. The summed E-state index contributed by atoms with van der Waals surface area (Å²) in [7, 11) is 0. The van der Waals surface area contributed by atoms with Gasteiger partial charge in [0, 0.05) is 25.0 Å². The zero-order chi connectivity index (χ0) is 12.3. The minimum absolute atomic E-state index is 0.134. The summed E-state index contributed by atoms with van der Waals surface area (Å²) in [6.07, 6.45) is 6.46. The fraction of sp³-hybridized carbons (Fsp3) is 0.929. The SMILES string of the molecule is CCNCC(C)C(=O)N1CCCC2CCCC21. The second-order valence-electron chi connectivity index (χ2n) is 5.64. The average Bonchev–Trinajstić information content (AvgIpc) is 2.82. The van der Waals surface area contributed by atoms with Crippen molar-refractivity contribution in [2.45, 2.75) is 52.0 Å². The predicted octanol–water partition coefficient (Wildman–Crippen LogP) is 2.02. The van der Waals surface area contributed by atoms with Crippen LogP contribution in [0.5, 0.6) is 0 Å². The maximum Gasteiger partial charge on any atom is 0.226 e. The summed E-state index contributed by atoms with van der Waals surface area (Å²) in [4.78, 5) is 14.6. The number of likely N-dealkylation sites (tertiary alicyclic amines) is 1. The summed E-state index contributed by atoms with van der Waals surface area (Å²) in [6, 6.07) is 0.570. The van der Waals surface area contributed by atoms with Gasteiger partial charge in [-0.2, -0.15) is 0 Å². The first kappa shape index (κ1) is 12.9. The number of piperidine rings is 1. The summed E-state index contributed by atoms with van der Waals surface area (Å²) < 4.78 is 0. The van der Waals surface area contributed by atoms with Gasteiger partial charge in [-0.05, 0) is 38.1 Å². The Morgan fingerprint density at radius 2 is 2.12 bits per heavy atom. The van der Waals surface area contributed by atoms with E-state index < -0.39 is 0 Å². The molecule has 3 unspecified atom stereocenters. The first-order chi connectivity index (χ1) is 8.24. The van der Waals surface area contributed by atoms with Crippen LogP contribution in [0.3, 0.4) is 0 Å². The maximum absolute atomic E-state index is 12.4. The molecule has 0 bridgehead atoms. The number of carbonyl (C=O) groups is 1. The lowest BCUT2D eigenvalue weighted by molar-refractivity contribution is -0.139. The molecule has 3 nitrogen and oxygen atoms in total. The van der Waals surface area contributed by atoms with Gasteiger partial charge >= 0.3 is 0 Å². The van der Waals surface area contributed by atoms with Gasteiger partial charge in [-0.1, -0.05) is 20.3 Å². The molecule has 1 saturated carbocycles. The molecule has 2 rings (SSSR count). The molecule has 0 aromatic carbocycles. The van der Waals surface area contributed by atoms with Crippen molar-refractivity contribution in [2.24, 2.45) is 11.8 Å². The van der Waals surface area contributed by atoms with Gasteiger partial charge in [-0.15, -0.1) is 0 Å². The highest BCUT2D eigenvalue weighted by molar-refractivity contribution is 5.79. The molecule has 0 radical (unpaired) electrons. The molecule has 1 saturated heterocycles. The number of fused-ring (bicyclic) bond motifs is 1. The Morgan fingerprint density at radius 1 is 1.35 bits per heavy atom. The number of nitrogens with one attached hydrogen (secondary N) is 1. The molecule has 0 spiro atoms. The van der Waals surface area contributed by atoms with E-state index in [1.807, 2.05) is 0 Å². The molecule has 3 heteroatoms. The second kappa shape index (κ2) is 5.85. The number of amides is 1. The van der Waals surface area contributed by atoms with Gasteiger partial charge in [-0.25, -0.2) is 0 Å². The minimum Gasteiger partial charge on any atom is -0.339 e. The van der Waals surface area contributed by atoms with Crippen LogP contribution in [0, 0.1) is 11.8 Å². The zero-order valence-electron chi connectivity index (χ0n) is 11.2. The van der Waals surface area contributed by atoms with Gasteiger partial charge in [0.1, 0.15) is 0 Å². The third-order valence-electron chi connectivity index (χ3n) is 4.40. The molecule has 2 fully saturated rings. The van der Waals surface area contributed by atoms with Crippen molar-refractivity contribution in [1.82, 2.24) is 10.2 Å². The van der Waals surface area contributed by atoms with E-state index >= 15 is 0 Å². The van der Waals surface area contributed by atoms with Crippen LogP contribution in [0.15, 0.2) is 0 Å². The molecule has 17 heavy (non-hydrogen) atoms.